The van der Waals surface area contributed by atoms with Gasteiger partial charge in [-0.1, -0.05) is 13.5 Å². The Morgan fingerprint density at radius 1 is 1.59 bits per heavy atom. The minimum Gasteiger partial charge on any atom is -0.462 e. The first kappa shape index (κ1) is 12.1. The molecule has 1 aliphatic carbocycles. The van der Waals surface area contributed by atoms with Crippen LogP contribution in [-0.4, -0.2) is 24.6 Å². The number of fused-ring (bicyclic) bond motifs is 1. The minimum absolute atomic E-state index is 0.0207. The van der Waals surface area contributed by atoms with Gasteiger partial charge in [0, 0.05) is 12.0 Å². The number of carbonyl (C=O) groups is 2. The summed E-state index contributed by atoms with van der Waals surface area (Å²) in [4.78, 5) is 22.6. The van der Waals surface area contributed by atoms with Crippen LogP contribution in [-0.2, 0) is 19.1 Å². The summed E-state index contributed by atoms with van der Waals surface area (Å²) in [5.41, 5.74) is 0. The van der Waals surface area contributed by atoms with Crippen LogP contribution in [0.2, 0.25) is 0 Å². The summed E-state index contributed by atoms with van der Waals surface area (Å²) >= 11 is 0. The molecule has 0 aromatic carbocycles. The molecule has 1 heterocycles. The maximum absolute atomic E-state index is 11.6. The Balaban J connectivity index is 1.88. The van der Waals surface area contributed by atoms with Crippen LogP contribution in [0.1, 0.15) is 26.2 Å². The Kier molecular flexibility index (Phi) is 3.50. The van der Waals surface area contributed by atoms with Gasteiger partial charge < -0.3 is 9.47 Å². The maximum atomic E-state index is 11.6. The molecule has 1 saturated heterocycles. The molecule has 0 aromatic heterocycles. The highest BCUT2D eigenvalue weighted by Crippen LogP contribution is 2.45. The third kappa shape index (κ3) is 2.35. The second kappa shape index (κ2) is 4.90. The zero-order valence-electron chi connectivity index (χ0n) is 10.1. The monoisotopic (exact) mass is 238 g/mol. The van der Waals surface area contributed by atoms with E-state index in [1.807, 2.05) is 6.92 Å². The summed E-state index contributed by atoms with van der Waals surface area (Å²) in [7, 11) is 0. The fourth-order valence-electron chi connectivity index (χ4n) is 2.97. The number of rotatable bonds is 4. The van der Waals surface area contributed by atoms with Crippen molar-refractivity contribution in [2.45, 2.75) is 32.3 Å². The van der Waals surface area contributed by atoms with Gasteiger partial charge in [-0.2, -0.15) is 0 Å². The Bertz CT molecular complexity index is 336. The topological polar surface area (TPSA) is 52.6 Å². The first-order chi connectivity index (χ1) is 8.15. The van der Waals surface area contributed by atoms with Gasteiger partial charge in [0.05, 0.1) is 12.5 Å². The fraction of sp³-hybridized carbons (Fsp3) is 0.692. The molecule has 17 heavy (non-hydrogen) atoms. The van der Waals surface area contributed by atoms with Crippen LogP contribution in [0.3, 0.4) is 0 Å². The fourth-order valence-corrected chi connectivity index (χ4v) is 2.97. The van der Waals surface area contributed by atoms with E-state index in [1.165, 1.54) is 6.08 Å². The molecule has 4 unspecified atom stereocenters. The molecule has 0 radical (unpaired) electrons. The van der Waals surface area contributed by atoms with E-state index in [9.17, 15) is 9.59 Å². The molecule has 4 nitrogen and oxygen atoms in total. The van der Waals surface area contributed by atoms with Gasteiger partial charge in [-0.25, -0.2) is 4.79 Å². The van der Waals surface area contributed by atoms with E-state index in [2.05, 4.69) is 6.58 Å². The number of cyclic esters (lactones) is 1. The van der Waals surface area contributed by atoms with Crippen LogP contribution in [0.15, 0.2) is 12.7 Å². The van der Waals surface area contributed by atoms with Crippen LogP contribution in [0.4, 0.5) is 0 Å². The van der Waals surface area contributed by atoms with Crippen molar-refractivity contribution in [2.75, 3.05) is 6.61 Å². The molecule has 94 valence electrons. The van der Waals surface area contributed by atoms with E-state index in [0.29, 0.717) is 12.5 Å². The highest BCUT2D eigenvalue weighted by molar-refractivity contribution is 5.81. The zero-order chi connectivity index (χ0) is 12.4. The van der Waals surface area contributed by atoms with Crippen molar-refractivity contribution in [1.82, 2.24) is 0 Å². The number of hydrogen-bond donors (Lipinski definition) is 0. The number of hydrogen-bond acceptors (Lipinski definition) is 4. The van der Waals surface area contributed by atoms with Crippen LogP contribution >= 0.6 is 0 Å². The molecule has 0 bridgehead atoms. The molecule has 2 fully saturated rings. The van der Waals surface area contributed by atoms with E-state index >= 15 is 0 Å². The summed E-state index contributed by atoms with van der Waals surface area (Å²) in [6, 6.07) is 0. The Hall–Kier alpha value is -1.32. The van der Waals surface area contributed by atoms with Crippen LogP contribution < -0.4 is 0 Å². The second-order valence-electron chi connectivity index (χ2n) is 4.83. The summed E-state index contributed by atoms with van der Waals surface area (Å²) in [6.45, 7) is 5.78. The van der Waals surface area contributed by atoms with Crippen LogP contribution in [0.5, 0.6) is 0 Å². The molecule has 4 heteroatoms. The highest BCUT2D eigenvalue weighted by atomic mass is 16.6. The minimum atomic E-state index is -0.392. The van der Waals surface area contributed by atoms with Gasteiger partial charge in [0.2, 0.25) is 0 Å². The third-order valence-corrected chi connectivity index (χ3v) is 3.79. The predicted octanol–water partition coefficient (Wildman–Crippen LogP) is 1.69. The Labute approximate surface area is 101 Å². The molecule has 1 aliphatic heterocycles. The Morgan fingerprint density at radius 2 is 2.35 bits per heavy atom. The van der Waals surface area contributed by atoms with Crippen LogP contribution in [0, 0.1) is 17.8 Å². The van der Waals surface area contributed by atoms with E-state index in [0.717, 1.165) is 19.3 Å². The van der Waals surface area contributed by atoms with E-state index < -0.39 is 5.97 Å². The summed E-state index contributed by atoms with van der Waals surface area (Å²) < 4.78 is 10.3. The average molecular weight is 238 g/mol. The molecule has 0 N–H and O–H groups in total. The SMILES string of the molecule is C=CC(=O)OCC1CC2C(=O)OC(CC)C2C1. The van der Waals surface area contributed by atoms with Crippen molar-refractivity contribution in [1.29, 1.82) is 0 Å². The van der Waals surface area contributed by atoms with Crippen molar-refractivity contribution >= 4 is 11.9 Å². The van der Waals surface area contributed by atoms with Gasteiger partial charge in [0.15, 0.2) is 0 Å². The lowest BCUT2D eigenvalue weighted by molar-refractivity contribution is -0.145. The maximum Gasteiger partial charge on any atom is 0.330 e. The number of esters is 2. The number of ether oxygens (including phenoxy) is 2. The summed E-state index contributed by atoms with van der Waals surface area (Å²) in [5, 5.41) is 0. The normalized spacial score (nSPS) is 35.2. The summed E-state index contributed by atoms with van der Waals surface area (Å²) in [5.74, 6) is 0.166. The largest absolute Gasteiger partial charge is 0.462 e. The molecule has 2 rings (SSSR count). The molecular formula is C13H18O4. The third-order valence-electron chi connectivity index (χ3n) is 3.79. The van der Waals surface area contributed by atoms with Crippen molar-refractivity contribution in [3.63, 3.8) is 0 Å². The molecule has 4 atom stereocenters. The Morgan fingerprint density at radius 3 is 3.00 bits per heavy atom. The lowest BCUT2D eigenvalue weighted by Crippen LogP contribution is -2.17. The molecule has 2 aliphatic rings. The smallest absolute Gasteiger partial charge is 0.330 e. The van der Waals surface area contributed by atoms with Gasteiger partial charge in [0.1, 0.15) is 6.10 Å². The molecule has 0 amide bonds. The zero-order valence-corrected chi connectivity index (χ0v) is 10.1. The van der Waals surface area contributed by atoms with Gasteiger partial charge in [-0.15, -0.1) is 0 Å². The van der Waals surface area contributed by atoms with Gasteiger partial charge in [-0.3, -0.25) is 4.79 Å². The molecule has 0 aromatic rings. The predicted molar refractivity (Wildman–Crippen MR) is 61.0 cm³/mol. The van der Waals surface area contributed by atoms with Crippen molar-refractivity contribution in [3.8, 4) is 0 Å². The van der Waals surface area contributed by atoms with Crippen molar-refractivity contribution in [3.05, 3.63) is 12.7 Å². The van der Waals surface area contributed by atoms with Gasteiger partial charge in [-0.05, 0) is 25.2 Å². The van der Waals surface area contributed by atoms with Gasteiger partial charge in [0.25, 0.3) is 0 Å². The molecule has 0 spiro atoms. The van der Waals surface area contributed by atoms with Crippen molar-refractivity contribution in [2.24, 2.45) is 17.8 Å². The quantitative estimate of drug-likeness (QED) is 0.552. The van der Waals surface area contributed by atoms with Gasteiger partial charge >= 0.3 is 11.9 Å². The first-order valence-corrected chi connectivity index (χ1v) is 6.15. The van der Waals surface area contributed by atoms with Crippen LogP contribution in [0.25, 0.3) is 0 Å². The number of carbonyl (C=O) groups excluding carboxylic acids is 2. The van der Waals surface area contributed by atoms with E-state index in [4.69, 9.17) is 9.47 Å². The standard InChI is InChI=1S/C13H18O4/c1-3-11-9-5-8(7-16-12(14)4-2)6-10(9)13(15)17-11/h4,8-11H,2-3,5-7H2,1H3. The van der Waals surface area contributed by atoms with Crippen molar-refractivity contribution < 1.29 is 19.1 Å². The van der Waals surface area contributed by atoms with E-state index in [1.54, 1.807) is 0 Å². The lowest BCUT2D eigenvalue weighted by Gasteiger charge is -2.15. The second-order valence-corrected chi connectivity index (χ2v) is 4.83. The highest BCUT2D eigenvalue weighted by Gasteiger charge is 2.49. The molecular weight excluding hydrogens is 220 g/mol. The summed E-state index contributed by atoms with van der Waals surface area (Å²) in [6.07, 6.45) is 3.79. The van der Waals surface area contributed by atoms with E-state index in [-0.39, 0.29) is 23.9 Å². The first-order valence-electron chi connectivity index (χ1n) is 6.15. The average Bonchev–Trinajstić information content (AvgIpc) is 2.87. The molecule has 1 saturated carbocycles. The lowest BCUT2D eigenvalue weighted by atomic mass is 9.93.